The third-order valence-electron chi connectivity index (χ3n) is 4.69. The van der Waals surface area contributed by atoms with Crippen molar-refractivity contribution in [1.29, 1.82) is 0 Å². The van der Waals surface area contributed by atoms with Gasteiger partial charge in [-0.25, -0.2) is 4.98 Å². The Morgan fingerprint density at radius 1 is 1.33 bits per heavy atom. The number of carbonyl (C=O) groups is 1. The second-order valence-electron chi connectivity index (χ2n) is 5.94. The maximum absolute atomic E-state index is 12.4. The highest BCUT2D eigenvalue weighted by molar-refractivity contribution is 6.30. The number of hydrogen-bond acceptors (Lipinski definition) is 3. The van der Waals surface area contributed by atoms with Crippen molar-refractivity contribution in [3.63, 3.8) is 0 Å². The van der Waals surface area contributed by atoms with Gasteiger partial charge in [0.2, 0.25) is 0 Å². The quantitative estimate of drug-likeness (QED) is 0.920. The van der Waals surface area contributed by atoms with Gasteiger partial charge < -0.3 is 14.6 Å². The van der Waals surface area contributed by atoms with Gasteiger partial charge in [-0.3, -0.25) is 4.79 Å². The van der Waals surface area contributed by atoms with Gasteiger partial charge in [-0.2, -0.15) is 0 Å². The number of carbonyl (C=O) groups excluding carboxylic acids is 1. The molecule has 1 atom stereocenters. The Bertz CT molecular complexity index is 690. The molecule has 0 aromatic carbocycles. The van der Waals surface area contributed by atoms with Gasteiger partial charge >= 0.3 is 0 Å². The van der Waals surface area contributed by atoms with Crippen LogP contribution in [-0.2, 0) is 0 Å². The van der Waals surface area contributed by atoms with Crippen LogP contribution in [0.1, 0.15) is 23.3 Å². The van der Waals surface area contributed by atoms with Crippen molar-refractivity contribution in [3.05, 3.63) is 35.4 Å². The fourth-order valence-electron chi connectivity index (χ4n) is 3.46. The molecule has 21 heavy (non-hydrogen) atoms. The Hall–Kier alpha value is -1.59. The Morgan fingerprint density at radius 3 is 2.86 bits per heavy atom. The maximum atomic E-state index is 12.4. The molecule has 3 aliphatic heterocycles. The number of aromatic nitrogens is 2. The highest BCUT2D eigenvalue weighted by Crippen LogP contribution is 2.27. The lowest BCUT2D eigenvalue weighted by Crippen LogP contribution is -2.57. The zero-order chi connectivity index (χ0) is 14.4. The monoisotopic (exact) mass is 304 g/mol. The first-order chi connectivity index (χ1) is 10.2. The lowest BCUT2D eigenvalue weighted by Gasteiger charge is -2.44. The van der Waals surface area contributed by atoms with E-state index in [4.69, 9.17) is 11.6 Å². The predicted octanol–water partition coefficient (Wildman–Crippen LogP) is 1.81. The number of amides is 1. The van der Waals surface area contributed by atoms with Crippen LogP contribution in [0.3, 0.4) is 0 Å². The molecule has 1 amide bonds. The smallest absolute Gasteiger partial charge is 0.271 e. The molecule has 2 aromatic heterocycles. The van der Waals surface area contributed by atoms with Crippen molar-refractivity contribution in [2.75, 3.05) is 19.6 Å². The molecule has 0 aliphatic carbocycles. The predicted molar refractivity (Wildman–Crippen MR) is 80.6 cm³/mol. The topological polar surface area (TPSA) is 49.6 Å². The summed E-state index contributed by atoms with van der Waals surface area (Å²) in [5.41, 5.74) is 1.30. The standard InChI is InChI=1S/C15H17ClN4O/c16-14-2-1-11-7-17-13(9-20(11)14)15(21)18-12-8-19-5-3-10(12)4-6-19/h1-2,7,9-10,12H,3-6,8H2,(H,18,21)/t12-/m0/s1. The molecule has 6 heteroatoms. The van der Waals surface area contributed by atoms with E-state index in [9.17, 15) is 4.79 Å². The van der Waals surface area contributed by atoms with E-state index in [2.05, 4.69) is 15.2 Å². The minimum atomic E-state index is -0.111. The number of nitrogens with one attached hydrogen (secondary N) is 1. The number of piperidine rings is 3. The zero-order valence-electron chi connectivity index (χ0n) is 11.6. The first-order valence-corrected chi connectivity index (χ1v) is 7.74. The molecule has 3 saturated heterocycles. The largest absolute Gasteiger partial charge is 0.346 e. The van der Waals surface area contributed by atoms with Gasteiger partial charge in [0, 0.05) is 18.8 Å². The van der Waals surface area contributed by atoms with Crippen molar-refractivity contribution in [2.24, 2.45) is 5.92 Å². The van der Waals surface area contributed by atoms with Gasteiger partial charge in [0.05, 0.1) is 11.7 Å². The average molecular weight is 305 g/mol. The summed E-state index contributed by atoms with van der Waals surface area (Å²) in [4.78, 5) is 19.1. The normalized spacial score (nSPS) is 28.0. The van der Waals surface area contributed by atoms with Crippen molar-refractivity contribution < 1.29 is 4.79 Å². The van der Waals surface area contributed by atoms with E-state index in [1.54, 1.807) is 22.9 Å². The molecule has 1 N–H and O–H groups in total. The Labute approximate surface area is 127 Å². The molecular formula is C15H17ClN4O. The third-order valence-corrected chi connectivity index (χ3v) is 5.00. The first kappa shape index (κ1) is 13.1. The summed E-state index contributed by atoms with van der Waals surface area (Å²) in [6.07, 6.45) is 5.74. The number of rotatable bonds is 2. The van der Waals surface area contributed by atoms with Crippen LogP contribution >= 0.6 is 11.6 Å². The molecule has 5 nitrogen and oxygen atoms in total. The number of halogens is 1. The summed E-state index contributed by atoms with van der Waals surface area (Å²) >= 11 is 6.09. The summed E-state index contributed by atoms with van der Waals surface area (Å²) in [7, 11) is 0. The summed E-state index contributed by atoms with van der Waals surface area (Å²) < 4.78 is 1.78. The lowest BCUT2D eigenvalue weighted by molar-refractivity contribution is 0.0617. The molecule has 2 aromatic rings. The van der Waals surface area contributed by atoms with Gasteiger partial charge in [0.15, 0.2) is 0 Å². The highest BCUT2D eigenvalue weighted by Gasteiger charge is 2.35. The van der Waals surface area contributed by atoms with Gasteiger partial charge in [0.25, 0.3) is 5.91 Å². The van der Waals surface area contributed by atoms with Gasteiger partial charge in [-0.15, -0.1) is 0 Å². The minimum absolute atomic E-state index is 0.111. The van der Waals surface area contributed by atoms with Crippen molar-refractivity contribution in [1.82, 2.24) is 19.6 Å². The molecule has 3 fully saturated rings. The second-order valence-corrected chi connectivity index (χ2v) is 6.33. The van der Waals surface area contributed by atoms with Crippen molar-refractivity contribution in [3.8, 4) is 0 Å². The fraction of sp³-hybridized carbons (Fsp3) is 0.467. The second kappa shape index (κ2) is 5.00. The highest BCUT2D eigenvalue weighted by atomic mass is 35.5. The molecule has 2 bridgehead atoms. The third kappa shape index (κ3) is 2.30. The molecular weight excluding hydrogens is 288 g/mol. The van der Waals surface area contributed by atoms with Crippen LogP contribution in [0.25, 0.3) is 5.52 Å². The number of nitrogens with zero attached hydrogens (tertiary/aromatic N) is 3. The first-order valence-electron chi connectivity index (χ1n) is 7.36. The van der Waals surface area contributed by atoms with E-state index >= 15 is 0 Å². The van der Waals surface area contributed by atoms with E-state index in [1.807, 2.05) is 6.07 Å². The van der Waals surface area contributed by atoms with Crippen molar-refractivity contribution >= 4 is 23.0 Å². The molecule has 5 heterocycles. The summed E-state index contributed by atoms with van der Waals surface area (Å²) in [6, 6.07) is 3.93. The van der Waals surface area contributed by atoms with Gasteiger partial charge in [-0.05, 0) is 44.0 Å². The lowest BCUT2D eigenvalue weighted by atomic mass is 9.84. The fourth-order valence-corrected chi connectivity index (χ4v) is 3.67. The van der Waals surface area contributed by atoms with Crippen LogP contribution in [-0.4, -0.2) is 45.9 Å². The Kier molecular flexibility index (Phi) is 3.12. The van der Waals surface area contributed by atoms with Gasteiger partial charge in [0.1, 0.15) is 10.8 Å². The molecule has 0 radical (unpaired) electrons. The summed E-state index contributed by atoms with van der Waals surface area (Å²) in [6.45, 7) is 3.30. The van der Waals surface area contributed by atoms with Crippen LogP contribution < -0.4 is 5.32 Å². The molecule has 110 valence electrons. The number of hydrogen-bond donors (Lipinski definition) is 1. The van der Waals surface area contributed by atoms with E-state index in [-0.39, 0.29) is 11.9 Å². The van der Waals surface area contributed by atoms with E-state index < -0.39 is 0 Å². The number of fused-ring (bicyclic) bond motifs is 4. The SMILES string of the molecule is O=C(N[C@H]1CN2CCC1CC2)c1cn2c(Cl)ccc2cn1. The van der Waals surface area contributed by atoms with Crippen LogP contribution in [0, 0.1) is 5.92 Å². The van der Waals surface area contributed by atoms with E-state index in [0.717, 1.165) is 12.1 Å². The van der Waals surface area contributed by atoms with E-state index in [1.165, 1.54) is 25.9 Å². The summed E-state index contributed by atoms with van der Waals surface area (Å²) in [5.74, 6) is 0.498. The Morgan fingerprint density at radius 2 is 2.14 bits per heavy atom. The molecule has 0 unspecified atom stereocenters. The summed E-state index contributed by atoms with van der Waals surface area (Å²) in [5, 5.41) is 3.73. The van der Waals surface area contributed by atoms with Crippen LogP contribution in [0.5, 0.6) is 0 Å². The molecule has 0 saturated carbocycles. The molecule has 0 spiro atoms. The van der Waals surface area contributed by atoms with Crippen LogP contribution in [0.4, 0.5) is 0 Å². The van der Waals surface area contributed by atoms with Crippen molar-refractivity contribution in [2.45, 2.75) is 18.9 Å². The van der Waals surface area contributed by atoms with Gasteiger partial charge in [-0.1, -0.05) is 11.6 Å². The molecule has 5 rings (SSSR count). The average Bonchev–Trinajstić information content (AvgIpc) is 2.89. The maximum Gasteiger partial charge on any atom is 0.271 e. The van der Waals surface area contributed by atoms with E-state index in [0.29, 0.717) is 16.8 Å². The Balaban J connectivity index is 1.54. The minimum Gasteiger partial charge on any atom is -0.346 e. The van der Waals surface area contributed by atoms with Crippen LogP contribution in [0.15, 0.2) is 24.5 Å². The zero-order valence-corrected chi connectivity index (χ0v) is 12.4. The molecule has 3 aliphatic rings. The van der Waals surface area contributed by atoms with Crippen LogP contribution in [0.2, 0.25) is 5.15 Å².